The van der Waals surface area contributed by atoms with Gasteiger partial charge in [-0.25, -0.2) is 0 Å². The lowest BCUT2D eigenvalue weighted by Crippen LogP contribution is -2.28. The van der Waals surface area contributed by atoms with Crippen LogP contribution in [0.5, 0.6) is 0 Å². The molecular weight excluding hydrogens is 1000 g/mol. The van der Waals surface area contributed by atoms with Crippen molar-refractivity contribution in [3.63, 3.8) is 0 Å². The molecule has 0 radical (unpaired) electrons. The number of esters is 2. The Morgan fingerprint density at radius 2 is 0.488 bits per heavy atom. The van der Waals surface area contributed by atoms with Crippen LogP contribution in [0.1, 0.15) is 309 Å². The summed E-state index contributed by atoms with van der Waals surface area (Å²) in [5, 5.41) is 9.70. The van der Waals surface area contributed by atoms with Gasteiger partial charge in [-0.15, -0.1) is 0 Å². The van der Waals surface area contributed by atoms with E-state index in [-0.39, 0.29) is 25.2 Å². The molecule has 466 valence electrons. The summed E-state index contributed by atoms with van der Waals surface area (Å²) in [6, 6.07) is 0. The van der Waals surface area contributed by atoms with Crippen molar-refractivity contribution in [1.29, 1.82) is 0 Å². The van der Waals surface area contributed by atoms with Gasteiger partial charge in [-0.2, -0.15) is 0 Å². The predicted molar refractivity (Wildman–Crippen MR) is 361 cm³/mol. The number of rotatable bonds is 62. The Hall–Kier alpha value is -4.22. The molecule has 0 aliphatic carbocycles. The minimum Gasteiger partial charge on any atom is -0.462 e. The molecule has 5 nitrogen and oxygen atoms in total. The van der Waals surface area contributed by atoms with Crippen LogP contribution in [0.15, 0.2) is 146 Å². The molecule has 0 spiro atoms. The standard InChI is InChI=1S/C77H128O5/c1-3-5-7-9-11-13-15-17-19-21-23-25-27-29-31-32-33-34-35-36-37-38-39-40-41-42-43-44-46-48-50-52-54-56-58-60-62-64-66-68-70-72-77(80)82-75(73-78)74-81-76(79)71-69-67-65-63-61-59-57-55-53-51-49-47-45-30-28-26-24-22-20-18-16-14-12-10-8-6-4-2/h5-8,11-14,17-20,23-26,29,31,33-34,36-37,39-40,75,78H,3-4,9-10,15-16,21-22,27-28,30,32,35,38,41-74H2,1-2H3/b7-5-,8-6-,13-11-,14-12-,19-17-,20-18-,25-23-,26-24-,31-29-,34-33-,37-36-,40-39-. The van der Waals surface area contributed by atoms with Gasteiger partial charge >= 0.3 is 11.9 Å². The topological polar surface area (TPSA) is 72.8 Å². The number of unbranched alkanes of at least 4 members (excludes halogenated alkanes) is 30. The van der Waals surface area contributed by atoms with Gasteiger partial charge in [0.2, 0.25) is 0 Å². The molecule has 1 unspecified atom stereocenters. The zero-order valence-electron chi connectivity index (χ0n) is 53.5. The number of hydrogen-bond acceptors (Lipinski definition) is 5. The monoisotopic (exact) mass is 1130 g/mol. The molecule has 0 aliphatic rings. The first-order valence-electron chi connectivity index (χ1n) is 34.4. The normalized spacial score (nSPS) is 13.2. The van der Waals surface area contributed by atoms with Gasteiger partial charge in [0.1, 0.15) is 6.61 Å². The first-order valence-corrected chi connectivity index (χ1v) is 34.4. The first kappa shape index (κ1) is 77.8. The molecule has 0 aromatic rings. The van der Waals surface area contributed by atoms with E-state index in [4.69, 9.17) is 9.47 Å². The summed E-state index contributed by atoms with van der Waals surface area (Å²) >= 11 is 0. The second kappa shape index (κ2) is 71.0. The van der Waals surface area contributed by atoms with Crippen LogP contribution < -0.4 is 0 Å². The molecule has 82 heavy (non-hydrogen) atoms. The quantitative estimate of drug-likeness (QED) is 0.0373. The summed E-state index contributed by atoms with van der Waals surface area (Å²) in [6.45, 7) is 3.93. The van der Waals surface area contributed by atoms with Crippen LogP contribution in [0.3, 0.4) is 0 Å². The molecule has 0 fully saturated rings. The van der Waals surface area contributed by atoms with Crippen LogP contribution in [0.25, 0.3) is 0 Å². The first-order chi connectivity index (χ1) is 40.6. The highest BCUT2D eigenvalue weighted by Crippen LogP contribution is 2.17. The van der Waals surface area contributed by atoms with Crippen LogP contribution >= 0.6 is 0 Å². The highest BCUT2D eigenvalue weighted by Gasteiger charge is 2.16. The Labute approximate surface area is 508 Å². The summed E-state index contributed by atoms with van der Waals surface area (Å²) in [6.07, 6.45) is 107. The number of ether oxygens (including phenoxy) is 2. The molecule has 0 aromatic heterocycles. The highest BCUT2D eigenvalue weighted by atomic mass is 16.6. The molecule has 1 atom stereocenters. The molecule has 0 saturated heterocycles. The summed E-state index contributed by atoms with van der Waals surface area (Å²) < 4.78 is 10.8. The van der Waals surface area contributed by atoms with E-state index in [1.807, 2.05) is 0 Å². The van der Waals surface area contributed by atoms with Crippen LogP contribution in [-0.4, -0.2) is 36.4 Å². The number of hydrogen-bond donors (Lipinski definition) is 1. The van der Waals surface area contributed by atoms with Gasteiger partial charge < -0.3 is 14.6 Å². The Kier molecular flexibility index (Phi) is 67.4. The van der Waals surface area contributed by atoms with Gasteiger partial charge in [0, 0.05) is 12.8 Å². The van der Waals surface area contributed by atoms with Crippen molar-refractivity contribution in [3.8, 4) is 0 Å². The van der Waals surface area contributed by atoms with Crippen molar-refractivity contribution >= 4 is 11.9 Å². The van der Waals surface area contributed by atoms with Crippen LogP contribution in [0.4, 0.5) is 0 Å². The van der Waals surface area contributed by atoms with Crippen molar-refractivity contribution in [2.24, 2.45) is 0 Å². The van der Waals surface area contributed by atoms with Crippen molar-refractivity contribution in [2.75, 3.05) is 13.2 Å². The fourth-order valence-corrected chi connectivity index (χ4v) is 9.57. The van der Waals surface area contributed by atoms with Crippen molar-refractivity contribution in [3.05, 3.63) is 146 Å². The maximum absolute atomic E-state index is 12.4. The summed E-state index contributed by atoms with van der Waals surface area (Å²) in [4.78, 5) is 24.6. The van der Waals surface area contributed by atoms with E-state index < -0.39 is 6.10 Å². The number of allylic oxidation sites excluding steroid dienone is 24. The minimum atomic E-state index is -0.781. The van der Waals surface area contributed by atoms with E-state index in [9.17, 15) is 14.7 Å². The number of aliphatic hydroxyl groups excluding tert-OH is 1. The Balaban J connectivity index is 3.49. The molecule has 5 heteroatoms. The van der Waals surface area contributed by atoms with Gasteiger partial charge in [0.05, 0.1) is 6.61 Å². The lowest BCUT2D eigenvalue weighted by Gasteiger charge is -2.15. The molecule has 0 bridgehead atoms. The van der Waals surface area contributed by atoms with E-state index >= 15 is 0 Å². The number of carbonyl (C=O) groups is 2. The van der Waals surface area contributed by atoms with Gasteiger partial charge in [-0.1, -0.05) is 327 Å². The SMILES string of the molecule is CC/C=C\C/C=C\C/C=C\C/C=C\C/C=C\C/C=C\C/C=C\C/C=C\CCCCCCCCCCCCCCCCCCC(=O)OC(CO)COC(=O)CCCCCCCCCCCCCCCC/C=C\C/C=C\C/C=C\C/C=C\CC. The Morgan fingerprint density at radius 1 is 0.280 bits per heavy atom. The average Bonchev–Trinajstić information content (AvgIpc) is 3.49. The van der Waals surface area contributed by atoms with E-state index in [1.165, 1.54) is 167 Å². The maximum atomic E-state index is 12.4. The summed E-state index contributed by atoms with van der Waals surface area (Å²) in [5.74, 6) is -0.587. The smallest absolute Gasteiger partial charge is 0.306 e. The third kappa shape index (κ3) is 68.3. The lowest BCUT2D eigenvalue weighted by atomic mass is 10.0. The van der Waals surface area contributed by atoms with Gasteiger partial charge in [0.25, 0.3) is 0 Å². The zero-order valence-corrected chi connectivity index (χ0v) is 53.5. The maximum Gasteiger partial charge on any atom is 0.306 e. The second-order valence-corrected chi connectivity index (χ2v) is 22.5. The second-order valence-electron chi connectivity index (χ2n) is 22.5. The van der Waals surface area contributed by atoms with E-state index in [0.717, 1.165) is 116 Å². The van der Waals surface area contributed by atoms with Crippen molar-refractivity contribution < 1.29 is 24.2 Å². The van der Waals surface area contributed by atoms with Crippen molar-refractivity contribution in [2.45, 2.75) is 315 Å². The van der Waals surface area contributed by atoms with E-state index in [0.29, 0.717) is 12.8 Å². The van der Waals surface area contributed by atoms with Crippen LogP contribution in [-0.2, 0) is 19.1 Å². The fraction of sp³-hybridized carbons (Fsp3) is 0.662. The molecule has 0 aliphatic heterocycles. The number of aliphatic hydroxyl groups is 1. The third-order valence-electron chi connectivity index (χ3n) is 14.6. The van der Waals surface area contributed by atoms with E-state index in [2.05, 4.69) is 160 Å². The summed E-state index contributed by atoms with van der Waals surface area (Å²) in [7, 11) is 0. The van der Waals surface area contributed by atoms with Gasteiger partial charge in [0.15, 0.2) is 6.10 Å². The molecule has 0 heterocycles. The molecule has 0 amide bonds. The van der Waals surface area contributed by atoms with E-state index in [1.54, 1.807) is 0 Å². The Morgan fingerprint density at radius 3 is 0.732 bits per heavy atom. The average molecular weight is 1130 g/mol. The fourth-order valence-electron chi connectivity index (χ4n) is 9.57. The van der Waals surface area contributed by atoms with Gasteiger partial charge in [-0.05, 0) is 116 Å². The molecular formula is C77H128O5. The third-order valence-corrected chi connectivity index (χ3v) is 14.6. The van der Waals surface area contributed by atoms with Gasteiger partial charge in [-0.3, -0.25) is 9.59 Å². The zero-order chi connectivity index (χ0) is 59.1. The molecule has 1 N–H and O–H groups in total. The van der Waals surface area contributed by atoms with Crippen LogP contribution in [0.2, 0.25) is 0 Å². The minimum absolute atomic E-state index is 0.0699. The molecule has 0 rings (SSSR count). The summed E-state index contributed by atoms with van der Waals surface area (Å²) in [5.41, 5.74) is 0. The van der Waals surface area contributed by atoms with Crippen LogP contribution in [0, 0.1) is 0 Å². The Bertz CT molecular complexity index is 1710. The highest BCUT2D eigenvalue weighted by molar-refractivity contribution is 5.70. The molecule has 0 aromatic carbocycles. The number of carbonyl (C=O) groups excluding carboxylic acids is 2. The predicted octanol–water partition coefficient (Wildman–Crippen LogP) is 24.1. The molecule has 0 saturated carbocycles. The lowest BCUT2D eigenvalue weighted by molar-refractivity contribution is -0.161. The van der Waals surface area contributed by atoms with Crippen molar-refractivity contribution in [1.82, 2.24) is 0 Å². The largest absolute Gasteiger partial charge is 0.462 e.